The van der Waals surface area contributed by atoms with E-state index in [2.05, 4.69) is 4.72 Å². The fourth-order valence-electron chi connectivity index (χ4n) is 2.53. The van der Waals surface area contributed by atoms with Crippen LogP contribution < -0.4 is 9.86 Å². The smallest absolute Gasteiger partial charge is 0.238 e. The second-order valence-electron chi connectivity index (χ2n) is 5.51. The molecule has 0 atom stereocenters. The molecule has 118 valence electrons. The number of primary sulfonamides is 1. The zero-order valence-corrected chi connectivity index (χ0v) is 13.7. The quantitative estimate of drug-likeness (QED) is 0.874. The Morgan fingerprint density at radius 1 is 1.10 bits per heavy atom. The van der Waals surface area contributed by atoms with Crippen molar-refractivity contribution in [3.8, 4) is 0 Å². The maximum atomic E-state index is 12.3. The van der Waals surface area contributed by atoms with Crippen LogP contribution >= 0.6 is 0 Å². The Balaban J connectivity index is 2.42. The summed E-state index contributed by atoms with van der Waals surface area (Å²) in [7, 11) is -7.37. The summed E-state index contributed by atoms with van der Waals surface area (Å²) in [5.41, 5.74) is 1.65. The molecule has 0 aliphatic heterocycles. The molecular weight excluding hydrogens is 312 g/mol. The number of rotatable bonds is 4. The third kappa shape index (κ3) is 3.56. The largest absolute Gasteiger partial charge is 0.283 e. The topological polar surface area (TPSA) is 106 Å². The molecule has 0 aromatic heterocycles. The van der Waals surface area contributed by atoms with Gasteiger partial charge in [0.05, 0.1) is 15.8 Å². The molecule has 0 heterocycles. The average molecular weight is 332 g/mol. The number of anilines is 1. The van der Waals surface area contributed by atoms with Gasteiger partial charge in [-0.05, 0) is 49.9 Å². The minimum Gasteiger partial charge on any atom is -0.283 e. The summed E-state index contributed by atoms with van der Waals surface area (Å²) in [5, 5.41) is 4.72. The van der Waals surface area contributed by atoms with Crippen molar-refractivity contribution in [2.45, 2.75) is 49.7 Å². The Morgan fingerprint density at radius 2 is 1.67 bits per heavy atom. The van der Waals surface area contributed by atoms with Gasteiger partial charge in [-0.3, -0.25) is 4.72 Å². The van der Waals surface area contributed by atoms with Gasteiger partial charge in [-0.25, -0.2) is 22.0 Å². The number of sulfonamides is 2. The summed E-state index contributed by atoms with van der Waals surface area (Å²) in [4.78, 5) is -0.0882. The lowest BCUT2D eigenvalue weighted by Gasteiger charge is -2.17. The van der Waals surface area contributed by atoms with Crippen molar-refractivity contribution in [2.24, 2.45) is 5.14 Å². The van der Waals surface area contributed by atoms with Crippen LogP contribution in [0.5, 0.6) is 0 Å². The molecule has 6 nitrogen and oxygen atoms in total. The Kier molecular flexibility index (Phi) is 4.32. The van der Waals surface area contributed by atoms with Crippen LogP contribution in [0.25, 0.3) is 0 Å². The van der Waals surface area contributed by atoms with E-state index >= 15 is 0 Å². The maximum absolute atomic E-state index is 12.3. The van der Waals surface area contributed by atoms with Gasteiger partial charge in [0.1, 0.15) is 0 Å². The molecule has 1 aliphatic carbocycles. The van der Waals surface area contributed by atoms with Gasteiger partial charge in [0.2, 0.25) is 20.0 Å². The summed E-state index contributed by atoms with van der Waals surface area (Å²) >= 11 is 0. The zero-order chi connectivity index (χ0) is 15.8. The molecule has 1 saturated carbocycles. The number of hydrogen-bond donors (Lipinski definition) is 2. The molecule has 0 spiro atoms. The number of nitrogens with one attached hydrogen (secondary N) is 1. The first-order valence-corrected chi connectivity index (χ1v) is 9.86. The SMILES string of the molecule is Cc1cc(S(N)(=O)=O)cc(NS(=O)(=O)C2CCCC2)c1C. The van der Waals surface area contributed by atoms with Crippen molar-refractivity contribution in [1.29, 1.82) is 0 Å². The van der Waals surface area contributed by atoms with Crippen LogP contribution in [0.15, 0.2) is 17.0 Å². The molecule has 2 rings (SSSR count). The third-order valence-corrected chi connectivity index (χ3v) is 6.71. The van der Waals surface area contributed by atoms with Gasteiger partial charge < -0.3 is 0 Å². The van der Waals surface area contributed by atoms with Gasteiger partial charge in [0, 0.05) is 0 Å². The van der Waals surface area contributed by atoms with Crippen molar-refractivity contribution < 1.29 is 16.8 Å². The standard InChI is InChI=1S/C13H20N2O4S2/c1-9-7-12(20(14,16)17)8-13(10(9)2)15-21(18,19)11-5-3-4-6-11/h7-8,11,15H,3-6H2,1-2H3,(H2,14,16,17). The molecular formula is C13H20N2O4S2. The number of aryl methyl sites for hydroxylation is 1. The minimum atomic E-state index is -3.87. The predicted molar refractivity (Wildman–Crippen MR) is 82.1 cm³/mol. The highest BCUT2D eigenvalue weighted by Gasteiger charge is 2.29. The van der Waals surface area contributed by atoms with Crippen LogP contribution in [-0.2, 0) is 20.0 Å². The lowest BCUT2D eigenvalue weighted by Crippen LogP contribution is -2.26. The lowest BCUT2D eigenvalue weighted by atomic mass is 10.1. The molecule has 8 heteroatoms. The van der Waals surface area contributed by atoms with E-state index in [0.717, 1.165) is 12.8 Å². The molecule has 1 aromatic carbocycles. The summed E-state index contributed by atoms with van der Waals surface area (Å²) in [5.74, 6) is 0. The molecule has 0 radical (unpaired) electrons. The summed E-state index contributed by atoms with van der Waals surface area (Å²) < 4.78 is 50.1. The van der Waals surface area contributed by atoms with Gasteiger partial charge >= 0.3 is 0 Å². The molecule has 21 heavy (non-hydrogen) atoms. The predicted octanol–water partition coefficient (Wildman–Crippen LogP) is 1.64. The van der Waals surface area contributed by atoms with Crippen molar-refractivity contribution in [1.82, 2.24) is 0 Å². The van der Waals surface area contributed by atoms with E-state index in [4.69, 9.17) is 5.14 Å². The first-order valence-electron chi connectivity index (χ1n) is 6.77. The van der Waals surface area contributed by atoms with Crippen LogP contribution in [0.2, 0.25) is 0 Å². The number of benzene rings is 1. The van der Waals surface area contributed by atoms with Crippen molar-refractivity contribution in [3.05, 3.63) is 23.3 Å². The van der Waals surface area contributed by atoms with E-state index in [-0.39, 0.29) is 10.6 Å². The summed E-state index contributed by atoms with van der Waals surface area (Å²) in [6, 6.07) is 2.72. The summed E-state index contributed by atoms with van der Waals surface area (Å²) in [6.45, 7) is 3.46. The van der Waals surface area contributed by atoms with E-state index in [9.17, 15) is 16.8 Å². The Morgan fingerprint density at radius 3 is 2.19 bits per heavy atom. The second kappa shape index (κ2) is 5.58. The molecule has 0 bridgehead atoms. The van der Waals surface area contributed by atoms with Crippen molar-refractivity contribution in [3.63, 3.8) is 0 Å². The fourth-order valence-corrected chi connectivity index (χ4v) is 4.79. The lowest BCUT2D eigenvalue weighted by molar-refractivity contribution is 0.584. The van der Waals surface area contributed by atoms with Gasteiger partial charge in [0.15, 0.2) is 0 Å². The Hall–Kier alpha value is -1.12. The van der Waals surface area contributed by atoms with Gasteiger partial charge in [0.25, 0.3) is 0 Å². The normalized spacial score (nSPS) is 17.1. The van der Waals surface area contributed by atoms with Crippen LogP contribution in [-0.4, -0.2) is 22.1 Å². The van der Waals surface area contributed by atoms with E-state index in [0.29, 0.717) is 24.0 Å². The molecule has 1 fully saturated rings. The van der Waals surface area contributed by atoms with Crippen molar-refractivity contribution >= 4 is 25.7 Å². The first-order chi connectivity index (χ1) is 9.61. The van der Waals surface area contributed by atoms with Crippen LogP contribution in [0.4, 0.5) is 5.69 Å². The highest BCUT2D eigenvalue weighted by molar-refractivity contribution is 7.93. The molecule has 3 N–H and O–H groups in total. The van der Waals surface area contributed by atoms with E-state index < -0.39 is 25.3 Å². The number of nitrogens with two attached hydrogens (primary N) is 1. The molecule has 1 aromatic rings. The minimum absolute atomic E-state index is 0.0882. The highest BCUT2D eigenvalue weighted by Crippen LogP contribution is 2.29. The summed E-state index contributed by atoms with van der Waals surface area (Å²) in [6.07, 6.45) is 3.09. The van der Waals surface area contributed by atoms with Gasteiger partial charge in [-0.15, -0.1) is 0 Å². The van der Waals surface area contributed by atoms with Gasteiger partial charge in [-0.2, -0.15) is 0 Å². The maximum Gasteiger partial charge on any atom is 0.238 e. The Bertz CT molecular complexity index is 749. The average Bonchev–Trinajstić information content (AvgIpc) is 2.87. The van der Waals surface area contributed by atoms with Gasteiger partial charge in [-0.1, -0.05) is 12.8 Å². The van der Waals surface area contributed by atoms with Crippen LogP contribution in [0, 0.1) is 13.8 Å². The molecule has 0 unspecified atom stereocenters. The van der Waals surface area contributed by atoms with E-state index in [1.54, 1.807) is 13.8 Å². The highest BCUT2D eigenvalue weighted by atomic mass is 32.2. The number of hydrogen-bond acceptors (Lipinski definition) is 4. The van der Waals surface area contributed by atoms with Crippen molar-refractivity contribution in [2.75, 3.05) is 4.72 Å². The molecule has 0 saturated heterocycles. The molecule has 0 amide bonds. The molecule has 1 aliphatic rings. The Labute approximate surface area is 125 Å². The second-order valence-corrected chi connectivity index (χ2v) is 9.03. The van der Waals surface area contributed by atoms with Crippen LogP contribution in [0.3, 0.4) is 0 Å². The van der Waals surface area contributed by atoms with E-state index in [1.807, 2.05) is 0 Å². The van der Waals surface area contributed by atoms with Crippen LogP contribution in [0.1, 0.15) is 36.8 Å². The monoisotopic (exact) mass is 332 g/mol. The fraction of sp³-hybridized carbons (Fsp3) is 0.538. The first kappa shape index (κ1) is 16.3. The zero-order valence-electron chi connectivity index (χ0n) is 12.1. The van der Waals surface area contributed by atoms with E-state index in [1.165, 1.54) is 12.1 Å². The third-order valence-electron chi connectivity index (χ3n) is 3.96.